The van der Waals surface area contributed by atoms with Crippen molar-refractivity contribution in [3.63, 3.8) is 0 Å². The number of carbonyl (C=O) groups is 1. The van der Waals surface area contributed by atoms with E-state index < -0.39 is 29.2 Å². The van der Waals surface area contributed by atoms with E-state index in [-0.39, 0.29) is 5.92 Å². The molecule has 3 saturated carbocycles. The van der Waals surface area contributed by atoms with Gasteiger partial charge in [0.1, 0.15) is 0 Å². The van der Waals surface area contributed by atoms with Gasteiger partial charge in [0, 0.05) is 0 Å². The Morgan fingerprint density at radius 2 is 1.38 bits per heavy atom. The Morgan fingerprint density at radius 3 is 2.10 bits per heavy atom. The standard InChI is InChI=1S/C24H31F3O2/c1-14-2-3-19-13-18(9-8-17(19)12-14)15-4-6-16(7-5-15)24(28)29-21-11-10-20(25)22(26)23(21)27/h10-11,14-19H,2-9,12-13H2,1H3. The number of ether oxygens (including phenoxy) is 1. The Balaban J connectivity index is 1.28. The zero-order chi connectivity index (χ0) is 20.5. The third-order valence-electron chi connectivity index (χ3n) is 7.90. The van der Waals surface area contributed by atoms with Gasteiger partial charge in [-0.25, -0.2) is 8.78 Å². The first-order valence-electron chi connectivity index (χ1n) is 11.3. The summed E-state index contributed by atoms with van der Waals surface area (Å²) in [6, 6.07) is 1.75. The van der Waals surface area contributed by atoms with Gasteiger partial charge < -0.3 is 4.74 Å². The first-order chi connectivity index (χ1) is 13.9. The molecule has 4 atom stereocenters. The molecule has 3 aliphatic carbocycles. The molecule has 2 nitrogen and oxygen atoms in total. The molecule has 3 aliphatic rings. The van der Waals surface area contributed by atoms with Crippen LogP contribution in [0.2, 0.25) is 0 Å². The van der Waals surface area contributed by atoms with E-state index in [9.17, 15) is 18.0 Å². The van der Waals surface area contributed by atoms with Gasteiger partial charge in [-0.1, -0.05) is 13.3 Å². The molecule has 0 amide bonds. The van der Waals surface area contributed by atoms with Crippen LogP contribution >= 0.6 is 0 Å². The quantitative estimate of drug-likeness (QED) is 0.317. The van der Waals surface area contributed by atoms with Crippen molar-refractivity contribution >= 4 is 5.97 Å². The molecule has 4 unspecified atom stereocenters. The van der Waals surface area contributed by atoms with Crippen molar-refractivity contribution in [2.45, 2.75) is 71.1 Å². The first-order valence-corrected chi connectivity index (χ1v) is 11.3. The Hall–Kier alpha value is -1.52. The molecule has 0 N–H and O–H groups in total. The number of hydrogen-bond donors (Lipinski definition) is 0. The lowest BCUT2D eigenvalue weighted by atomic mass is 9.61. The fourth-order valence-corrected chi connectivity index (χ4v) is 6.19. The minimum Gasteiger partial charge on any atom is -0.423 e. The van der Waals surface area contributed by atoms with Gasteiger partial charge >= 0.3 is 5.97 Å². The van der Waals surface area contributed by atoms with Crippen LogP contribution in [0.4, 0.5) is 13.2 Å². The summed E-state index contributed by atoms with van der Waals surface area (Å²) in [7, 11) is 0. The van der Waals surface area contributed by atoms with Crippen molar-refractivity contribution < 1.29 is 22.7 Å². The van der Waals surface area contributed by atoms with Crippen LogP contribution in [0.3, 0.4) is 0 Å². The maximum Gasteiger partial charge on any atom is 0.314 e. The highest BCUT2D eigenvalue weighted by Crippen LogP contribution is 2.49. The van der Waals surface area contributed by atoms with Crippen LogP contribution in [0, 0.1) is 53.0 Å². The molecule has 0 radical (unpaired) electrons. The Kier molecular flexibility index (Phi) is 6.21. The SMILES string of the molecule is CC1CCC2CC(C3CCC(C(=O)Oc4ccc(F)c(F)c4F)CC3)CCC2C1. The molecule has 4 rings (SSSR count). The van der Waals surface area contributed by atoms with Gasteiger partial charge in [0.05, 0.1) is 5.92 Å². The molecule has 5 heteroatoms. The predicted octanol–water partition coefficient (Wildman–Crippen LogP) is 6.67. The lowest BCUT2D eigenvalue weighted by molar-refractivity contribution is -0.140. The number of rotatable bonds is 3. The predicted molar refractivity (Wildman–Crippen MR) is 105 cm³/mol. The maximum absolute atomic E-state index is 13.8. The van der Waals surface area contributed by atoms with Gasteiger partial charge in [-0.3, -0.25) is 4.79 Å². The van der Waals surface area contributed by atoms with Crippen LogP contribution < -0.4 is 4.74 Å². The molecular weight excluding hydrogens is 377 g/mol. The second-order valence-corrected chi connectivity index (χ2v) is 9.72. The van der Waals surface area contributed by atoms with E-state index in [4.69, 9.17) is 4.74 Å². The van der Waals surface area contributed by atoms with E-state index in [1.165, 1.54) is 38.5 Å². The molecular formula is C24H31F3O2. The molecule has 0 heterocycles. The van der Waals surface area contributed by atoms with Gasteiger partial charge in [-0.15, -0.1) is 0 Å². The highest BCUT2D eigenvalue weighted by molar-refractivity contribution is 5.75. The zero-order valence-corrected chi connectivity index (χ0v) is 17.1. The van der Waals surface area contributed by atoms with E-state index in [2.05, 4.69) is 6.92 Å². The van der Waals surface area contributed by atoms with Gasteiger partial charge in [-0.05, 0) is 99.5 Å². The van der Waals surface area contributed by atoms with Crippen molar-refractivity contribution in [2.75, 3.05) is 0 Å². The number of hydrogen-bond acceptors (Lipinski definition) is 2. The monoisotopic (exact) mass is 408 g/mol. The number of benzene rings is 1. The van der Waals surface area contributed by atoms with E-state index in [1.54, 1.807) is 0 Å². The van der Waals surface area contributed by atoms with Crippen molar-refractivity contribution in [2.24, 2.45) is 35.5 Å². The van der Waals surface area contributed by atoms with Gasteiger partial charge in [0.2, 0.25) is 5.82 Å². The summed E-state index contributed by atoms with van der Waals surface area (Å²) >= 11 is 0. The molecule has 0 saturated heterocycles. The van der Waals surface area contributed by atoms with Crippen molar-refractivity contribution in [3.8, 4) is 5.75 Å². The van der Waals surface area contributed by atoms with Crippen LogP contribution in [-0.4, -0.2) is 5.97 Å². The molecule has 0 aliphatic heterocycles. The Morgan fingerprint density at radius 1 is 0.793 bits per heavy atom. The molecule has 0 aromatic heterocycles. The topological polar surface area (TPSA) is 26.3 Å². The average Bonchev–Trinajstić information content (AvgIpc) is 2.74. The molecule has 0 spiro atoms. The lowest BCUT2D eigenvalue weighted by Crippen LogP contribution is -2.35. The first kappa shape index (κ1) is 20.7. The Bertz CT molecular complexity index is 742. The lowest BCUT2D eigenvalue weighted by Gasteiger charge is -2.44. The minimum atomic E-state index is -1.60. The molecule has 1 aromatic rings. The second-order valence-electron chi connectivity index (χ2n) is 9.72. The largest absolute Gasteiger partial charge is 0.423 e. The van der Waals surface area contributed by atoms with E-state index in [0.717, 1.165) is 61.5 Å². The fraction of sp³-hybridized carbons (Fsp3) is 0.708. The van der Waals surface area contributed by atoms with Crippen LogP contribution in [0.1, 0.15) is 71.1 Å². The van der Waals surface area contributed by atoms with E-state index >= 15 is 0 Å². The molecule has 1 aromatic carbocycles. The summed E-state index contributed by atoms with van der Waals surface area (Å²) in [4.78, 5) is 12.4. The Labute approximate surface area is 171 Å². The minimum absolute atomic E-state index is 0.286. The average molecular weight is 409 g/mol. The summed E-state index contributed by atoms with van der Waals surface area (Å²) < 4.78 is 45.2. The highest BCUT2D eigenvalue weighted by Gasteiger charge is 2.39. The van der Waals surface area contributed by atoms with E-state index in [0.29, 0.717) is 5.92 Å². The number of fused-ring (bicyclic) bond motifs is 1. The summed E-state index contributed by atoms with van der Waals surface area (Å²) in [6.45, 7) is 2.38. The van der Waals surface area contributed by atoms with Crippen LogP contribution in [0.5, 0.6) is 5.75 Å². The molecule has 29 heavy (non-hydrogen) atoms. The maximum atomic E-state index is 13.8. The highest BCUT2D eigenvalue weighted by atomic mass is 19.2. The van der Waals surface area contributed by atoms with Crippen LogP contribution in [0.15, 0.2) is 12.1 Å². The van der Waals surface area contributed by atoms with Crippen LogP contribution in [0.25, 0.3) is 0 Å². The third-order valence-corrected chi connectivity index (χ3v) is 7.90. The van der Waals surface area contributed by atoms with Crippen molar-refractivity contribution in [1.29, 1.82) is 0 Å². The molecule has 3 fully saturated rings. The summed E-state index contributed by atoms with van der Waals surface area (Å²) in [5.41, 5.74) is 0. The molecule has 160 valence electrons. The van der Waals surface area contributed by atoms with Crippen molar-refractivity contribution in [3.05, 3.63) is 29.6 Å². The van der Waals surface area contributed by atoms with Crippen molar-refractivity contribution in [1.82, 2.24) is 0 Å². The summed E-state index contributed by atoms with van der Waals surface area (Å²) in [5.74, 6) is -1.54. The number of carbonyl (C=O) groups excluding carboxylic acids is 1. The zero-order valence-electron chi connectivity index (χ0n) is 17.1. The van der Waals surface area contributed by atoms with E-state index in [1.807, 2.05) is 0 Å². The van der Waals surface area contributed by atoms with Crippen LogP contribution in [-0.2, 0) is 4.79 Å². The molecule has 0 bridgehead atoms. The summed E-state index contributed by atoms with van der Waals surface area (Å²) in [5, 5.41) is 0. The third kappa shape index (κ3) is 4.49. The summed E-state index contributed by atoms with van der Waals surface area (Å²) in [6.07, 6.45) is 11.6. The van der Waals surface area contributed by atoms with Gasteiger partial charge in [0.25, 0.3) is 0 Å². The second kappa shape index (κ2) is 8.69. The fourth-order valence-electron chi connectivity index (χ4n) is 6.19. The number of halogens is 3. The smallest absolute Gasteiger partial charge is 0.314 e. The number of esters is 1. The van der Waals surface area contributed by atoms with Gasteiger partial charge in [0.15, 0.2) is 17.4 Å². The normalized spacial score (nSPS) is 35.0. The van der Waals surface area contributed by atoms with Gasteiger partial charge in [-0.2, -0.15) is 4.39 Å².